The highest BCUT2D eigenvalue weighted by molar-refractivity contribution is 5.56. The van der Waals surface area contributed by atoms with Crippen LogP contribution < -0.4 is 5.32 Å². The molecule has 0 saturated heterocycles. The molecule has 1 N–H and O–H groups in total. The zero-order chi connectivity index (χ0) is 13.8. The fraction of sp³-hybridized carbons (Fsp3) is 0.538. The van der Waals surface area contributed by atoms with Crippen LogP contribution in [0.2, 0.25) is 0 Å². The minimum absolute atomic E-state index is 0.0947. The molecule has 5 nitrogen and oxygen atoms in total. The summed E-state index contributed by atoms with van der Waals surface area (Å²) in [5.41, 5.74) is 1.55. The fourth-order valence-corrected chi connectivity index (χ4v) is 1.66. The van der Waals surface area contributed by atoms with Crippen molar-refractivity contribution < 1.29 is 9.66 Å². The van der Waals surface area contributed by atoms with Gasteiger partial charge in [-0.05, 0) is 33.3 Å². The monoisotopic (exact) mass is 252 g/mol. The maximum Gasteiger partial charge on any atom is 0.271 e. The first kappa shape index (κ1) is 14.4. The number of hydrogen-bond acceptors (Lipinski definition) is 4. The predicted octanol–water partition coefficient (Wildman–Crippen LogP) is 3.13. The highest BCUT2D eigenvalue weighted by Gasteiger charge is 2.18. The molecule has 0 radical (unpaired) electrons. The third-order valence-electron chi connectivity index (χ3n) is 2.67. The summed E-state index contributed by atoms with van der Waals surface area (Å²) in [6, 6.07) is 4.81. The van der Waals surface area contributed by atoms with Crippen molar-refractivity contribution in [2.45, 2.75) is 33.3 Å². The number of aryl methyl sites for hydroxylation is 1. The van der Waals surface area contributed by atoms with E-state index < -0.39 is 4.92 Å². The lowest BCUT2D eigenvalue weighted by molar-refractivity contribution is -0.384. The summed E-state index contributed by atoms with van der Waals surface area (Å²) in [5.74, 6) is 0. The van der Waals surface area contributed by atoms with Gasteiger partial charge in [0.1, 0.15) is 0 Å². The van der Waals surface area contributed by atoms with Crippen molar-refractivity contribution in [1.29, 1.82) is 0 Å². The van der Waals surface area contributed by atoms with Gasteiger partial charge in [-0.2, -0.15) is 0 Å². The van der Waals surface area contributed by atoms with Gasteiger partial charge in [0.2, 0.25) is 0 Å². The normalized spacial score (nSPS) is 11.3. The molecule has 0 aliphatic carbocycles. The average molecular weight is 252 g/mol. The number of nitro groups is 1. The zero-order valence-electron chi connectivity index (χ0n) is 11.3. The first-order chi connectivity index (χ1) is 8.35. The van der Waals surface area contributed by atoms with E-state index in [1.807, 2.05) is 27.7 Å². The van der Waals surface area contributed by atoms with Crippen LogP contribution in [0.4, 0.5) is 11.4 Å². The molecular formula is C13H20N2O3. The largest absolute Gasteiger partial charge is 0.382 e. The smallest absolute Gasteiger partial charge is 0.271 e. The Morgan fingerprint density at radius 2 is 2.11 bits per heavy atom. The molecule has 0 amide bonds. The lowest BCUT2D eigenvalue weighted by Gasteiger charge is -2.25. The molecule has 100 valence electrons. The minimum atomic E-state index is -0.391. The number of ether oxygens (including phenoxy) is 1. The number of nitrogens with one attached hydrogen (secondary N) is 1. The molecule has 5 heteroatoms. The van der Waals surface area contributed by atoms with Gasteiger partial charge >= 0.3 is 0 Å². The number of non-ortho nitro benzene ring substituents is 1. The van der Waals surface area contributed by atoms with Crippen LogP contribution >= 0.6 is 0 Å². The van der Waals surface area contributed by atoms with Crippen molar-refractivity contribution in [2.75, 3.05) is 18.5 Å². The van der Waals surface area contributed by atoms with Gasteiger partial charge in [-0.25, -0.2) is 0 Å². The van der Waals surface area contributed by atoms with Gasteiger partial charge in [-0.1, -0.05) is 6.07 Å². The summed E-state index contributed by atoms with van der Waals surface area (Å²) in [6.07, 6.45) is 0. The van der Waals surface area contributed by atoms with E-state index in [0.29, 0.717) is 13.2 Å². The fourth-order valence-electron chi connectivity index (χ4n) is 1.66. The van der Waals surface area contributed by atoms with Gasteiger partial charge in [0, 0.05) is 31.0 Å². The van der Waals surface area contributed by atoms with Crippen molar-refractivity contribution in [2.24, 2.45) is 0 Å². The Hall–Kier alpha value is -1.62. The minimum Gasteiger partial charge on any atom is -0.382 e. The summed E-state index contributed by atoms with van der Waals surface area (Å²) in [4.78, 5) is 10.3. The third-order valence-corrected chi connectivity index (χ3v) is 2.67. The molecule has 0 unspecified atom stereocenters. The average Bonchev–Trinajstić information content (AvgIpc) is 2.27. The molecule has 0 heterocycles. The van der Waals surface area contributed by atoms with E-state index in [-0.39, 0.29) is 11.3 Å². The quantitative estimate of drug-likeness (QED) is 0.624. The molecule has 0 aromatic heterocycles. The topological polar surface area (TPSA) is 64.4 Å². The maximum atomic E-state index is 10.7. The Balaban J connectivity index is 2.78. The van der Waals surface area contributed by atoms with E-state index in [1.54, 1.807) is 12.1 Å². The van der Waals surface area contributed by atoms with Crippen LogP contribution in [0.3, 0.4) is 0 Å². The lowest BCUT2D eigenvalue weighted by atomic mass is 10.1. The molecule has 0 atom stereocenters. The Morgan fingerprint density at radius 1 is 1.44 bits per heavy atom. The van der Waals surface area contributed by atoms with E-state index in [4.69, 9.17) is 4.74 Å². The molecule has 18 heavy (non-hydrogen) atoms. The first-order valence-electron chi connectivity index (χ1n) is 5.98. The Morgan fingerprint density at radius 3 is 2.67 bits per heavy atom. The predicted molar refractivity (Wildman–Crippen MR) is 72.0 cm³/mol. The molecule has 0 bridgehead atoms. The summed E-state index contributed by atoms with van der Waals surface area (Å²) in [5, 5.41) is 13.9. The number of rotatable bonds is 6. The second-order valence-corrected chi connectivity index (χ2v) is 4.80. The first-order valence-corrected chi connectivity index (χ1v) is 5.98. The molecule has 0 fully saturated rings. The van der Waals surface area contributed by atoms with Crippen LogP contribution in [-0.4, -0.2) is 23.7 Å². The van der Waals surface area contributed by atoms with Gasteiger partial charge in [0.25, 0.3) is 5.69 Å². The van der Waals surface area contributed by atoms with Gasteiger partial charge in [-0.3, -0.25) is 10.1 Å². The van der Waals surface area contributed by atoms with E-state index in [1.165, 1.54) is 6.07 Å². The Kier molecular flexibility index (Phi) is 4.67. The molecule has 1 aromatic carbocycles. The zero-order valence-corrected chi connectivity index (χ0v) is 11.3. The van der Waals surface area contributed by atoms with Crippen molar-refractivity contribution in [1.82, 2.24) is 0 Å². The highest BCUT2D eigenvalue weighted by atomic mass is 16.6. The summed E-state index contributed by atoms with van der Waals surface area (Å²) in [7, 11) is 0. The van der Waals surface area contributed by atoms with E-state index in [0.717, 1.165) is 11.3 Å². The van der Waals surface area contributed by atoms with Crippen LogP contribution in [0.1, 0.15) is 26.3 Å². The van der Waals surface area contributed by atoms with Crippen molar-refractivity contribution in [3.8, 4) is 0 Å². The molecule has 1 aromatic rings. The molecule has 0 spiro atoms. The SMILES string of the molecule is CCOC(C)(C)CNc1cc([N+](=O)[O-])ccc1C. The lowest BCUT2D eigenvalue weighted by Crippen LogP contribution is -2.33. The summed E-state index contributed by atoms with van der Waals surface area (Å²) < 4.78 is 5.57. The molecule has 0 aliphatic heterocycles. The number of nitrogens with zero attached hydrogens (tertiary/aromatic N) is 1. The third kappa shape index (κ3) is 4.00. The van der Waals surface area contributed by atoms with Crippen LogP contribution in [-0.2, 0) is 4.74 Å². The summed E-state index contributed by atoms with van der Waals surface area (Å²) >= 11 is 0. The van der Waals surface area contributed by atoms with Gasteiger partial charge in [0.05, 0.1) is 10.5 Å². The van der Waals surface area contributed by atoms with Gasteiger partial charge < -0.3 is 10.1 Å². The molecule has 0 saturated carbocycles. The summed E-state index contributed by atoms with van der Waals surface area (Å²) in [6.45, 7) is 9.07. The van der Waals surface area contributed by atoms with E-state index >= 15 is 0 Å². The van der Waals surface area contributed by atoms with Crippen LogP contribution in [0.5, 0.6) is 0 Å². The highest BCUT2D eigenvalue weighted by Crippen LogP contribution is 2.22. The van der Waals surface area contributed by atoms with Gasteiger partial charge in [0.15, 0.2) is 0 Å². The molecule has 0 aliphatic rings. The molecule has 1 rings (SSSR count). The van der Waals surface area contributed by atoms with E-state index in [9.17, 15) is 10.1 Å². The number of anilines is 1. The van der Waals surface area contributed by atoms with Crippen molar-refractivity contribution >= 4 is 11.4 Å². The second kappa shape index (κ2) is 5.82. The van der Waals surface area contributed by atoms with Crippen LogP contribution in [0, 0.1) is 17.0 Å². The van der Waals surface area contributed by atoms with Gasteiger partial charge in [-0.15, -0.1) is 0 Å². The maximum absolute atomic E-state index is 10.7. The molecular weight excluding hydrogens is 232 g/mol. The standard InChI is InChI=1S/C13H20N2O3/c1-5-18-13(3,4)9-14-12-8-11(15(16)17)7-6-10(12)2/h6-8,14H,5,9H2,1-4H3. The van der Waals surface area contributed by atoms with E-state index in [2.05, 4.69) is 5.32 Å². The number of benzene rings is 1. The number of hydrogen-bond donors (Lipinski definition) is 1. The Bertz CT molecular complexity index is 430. The Labute approximate surface area is 107 Å². The van der Waals surface area contributed by atoms with Crippen LogP contribution in [0.25, 0.3) is 0 Å². The number of nitro benzene ring substituents is 1. The van der Waals surface area contributed by atoms with Crippen LogP contribution in [0.15, 0.2) is 18.2 Å². The second-order valence-electron chi connectivity index (χ2n) is 4.80. The van der Waals surface area contributed by atoms with Crippen molar-refractivity contribution in [3.05, 3.63) is 33.9 Å². The van der Waals surface area contributed by atoms with Crippen molar-refractivity contribution in [3.63, 3.8) is 0 Å².